The van der Waals surface area contributed by atoms with Crippen molar-refractivity contribution in [3.05, 3.63) is 33.9 Å². The third-order valence-corrected chi connectivity index (χ3v) is 2.37. The zero-order chi connectivity index (χ0) is 13.8. The first kappa shape index (κ1) is 12.9. The van der Waals surface area contributed by atoms with Crippen LogP contribution in [-0.2, 0) is 9.53 Å². The average Bonchev–Trinajstić information content (AvgIpc) is 2.83. The van der Waals surface area contributed by atoms with E-state index in [-0.39, 0.29) is 30.6 Å². The Morgan fingerprint density at radius 2 is 2.32 bits per heavy atom. The second-order valence-corrected chi connectivity index (χ2v) is 3.62. The minimum absolute atomic E-state index is 0.0543. The average molecular weight is 265 g/mol. The maximum absolute atomic E-state index is 11.2. The summed E-state index contributed by atoms with van der Waals surface area (Å²) in [5, 5.41) is 10.9. The van der Waals surface area contributed by atoms with Crippen LogP contribution in [0.3, 0.4) is 0 Å². The van der Waals surface area contributed by atoms with Gasteiger partial charge in [-0.25, -0.2) is 4.79 Å². The smallest absolute Gasteiger partial charge is 0.330 e. The predicted octanol–water partition coefficient (Wildman–Crippen LogP) is 1.90. The molecule has 7 nitrogen and oxygen atoms in total. The molecule has 0 bridgehead atoms. The van der Waals surface area contributed by atoms with Crippen molar-refractivity contribution in [2.75, 3.05) is 13.4 Å². The van der Waals surface area contributed by atoms with Crippen LogP contribution in [0.2, 0.25) is 0 Å². The van der Waals surface area contributed by atoms with E-state index in [4.69, 9.17) is 14.2 Å². The first-order chi connectivity index (χ1) is 9.11. The van der Waals surface area contributed by atoms with Crippen molar-refractivity contribution in [3.8, 4) is 11.5 Å². The van der Waals surface area contributed by atoms with Crippen LogP contribution in [-0.4, -0.2) is 24.3 Å². The van der Waals surface area contributed by atoms with Gasteiger partial charge in [-0.15, -0.1) is 0 Å². The monoisotopic (exact) mass is 265 g/mol. The first-order valence-corrected chi connectivity index (χ1v) is 5.54. The molecule has 0 unspecified atom stereocenters. The van der Waals surface area contributed by atoms with Gasteiger partial charge in [0.15, 0.2) is 5.75 Å². The second kappa shape index (κ2) is 5.38. The van der Waals surface area contributed by atoms with E-state index in [9.17, 15) is 14.9 Å². The number of esters is 1. The van der Waals surface area contributed by atoms with Gasteiger partial charge in [0.2, 0.25) is 12.5 Å². The van der Waals surface area contributed by atoms with E-state index in [1.165, 1.54) is 18.2 Å². The lowest BCUT2D eigenvalue weighted by atomic mass is 10.1. The number of carbonyl (C=O) groups is 1. The first-order valence-electron chi connectivity index (χ1n) is 5.54. The summed E-state index contributed by atoms with van der Waals surface area (Å²) in [6.45, 7) is 1.91. The van der Waals surface area contributed by atoms with Gasteiger partial charge in [0, 0.05) is 12.1 Å². The van der Waals surface area contributed by atoms with Crippen molar-refractivity contribution in [2.24, 2.45) is 0 Å². The molecule has 7 heteroatoms. The normalized spacial score (nSPS) is 12.7. The molecule has 2 rings (SSSR count). The van der Waals surface area contributed by atoms with Crippen molar-refractivity contribution >= 4 is 17.7 Å². The summed E-state index contributed by atoms with van der Waals surface area (Å²) in [6, 6.07) is 2.87. The zero-order valence-electron chi connectivity index (χ0n) is 10.1. The van der Waals surface area contributed by atoms with Crippen LogP contribution < -0.4 is 9.47 Å². The Balaban J connectivity index is 2.30. The Morgan fingerprint density at radius 3 is 3.00 bits per heavy atom. The number of hydrogen-bond donors (Lipinski definition) is 0. The molecule has 1 aliphatic heterocycles. The van der Waals surface area contributed by atoms with E-state index in [1.807, 2.05) is 0 Å². The van der Waals surface area contributed by atoms with Crippen LogP contribution in [0, 0.1) is 10.1 Å². The molecule has 0 fully saturated rings. The second-order valence-electron chi connectivity index (χ2n) is 3.62. The standard InChI is InChI=1S/C12H11NO6/c1-2-17-11(14)4-3-8-5-9(13(15)16)12-10(6-8)18-7-19-12/h3-6H,2,7H2,1H3/b4-3+. The molecule has 0 saturated carbocycles. The number of nitro groups is 1. The molecule has 0 amide bonds. The Bertz CT molecular complexity index is 551. The fraction of sp³-hybridized carbons (Fsp3) is 0.250. The number of benzene rings is 1. The van der Waals surface area contributed by atoms with Gasteiger partial charge >= 0.3 is 11.7 Å². The Hall–Kier alpha value is -2.57. The molecular formula is C12H11NO6. The summed E-state index contributed by atoms with van der Waals surface area (Å²) >= 11 is 0. The minimum atomic E-state index is -0.560. The lowest BCUT2D eigenvalue weighted by Crippen LogP contribution is -1.98. The van der Waals surface area contributed by atoms with Gasteiger partial charge < -0.3 is 14.2 Å². The third kappa shape index (κ3) is 2.82. The van der Waals surface area contributed by atoms with Gasteiger partial charge in [-0.2, -0.15) is 0 Å². The molecule has 0 atom stereocenters. The lowest BCUT2D eigenvalue weighted by Gasteiger charge is -2.00. The number of fused-ring (bicyclic) bond motifs is 1. The summed E-state index contributed by atoms with van der Waals surface area (Å²) in [6.07, 6.45) is 2.62. The van der Waals surface area contributed by atoms with Crippen LogP contribution in [0.1, 0.15) is 12.5 Å². The van der Waals surface area contributed by atoms with Crippen molar-refractivity contribution in [1.82, 2.24) is 0 Å². The highest BCUT2D eigenvalue weighted by Gasteiger charge is 2.26. The third-order valence-electron chi connectivity index (χ3n) is 2.37. The topological polar surface area (TPSA) is 87.9 Å². The van der Waals surface area contributed by atoms with Crippen molar-refractivity contribution in [2.45, 2.75) is 6.92 Å². The summed E-state index contributed by atoms with van der Waals surface area (Å²) in [4.78, 5) is 21.5. The van der Waals surface area contributed by atoms with Gasteiger partial charge in [-0.05, 0) is 24.6 Å². The fourth-order valence-corrected chi connectivity index (χ4v) is 1.60. The fourth-order valence-electron chi connectivity index (χ4n) is 1.60. The van der Waals surface area contributed by atoms with E-state index < -0.39 is 10.9 Å². The van der Waals surface area contributed by atoms with Gasteiger partial charge in [-0.1, -0.05) is 0 Å². The Kier molecular flexibility index (Phi) is 3.65. The highest BCUT2D eigenvalue weighted by Crippen LogP contribution is 2.41. The number of carbonyl (C=O) groups excluding carboxylic acids is 1. The highest BCUT2D eigenvalue weighted by atomic mass is 16.7. The van der Waals surface area contributed by atoms with Crippen molar-refractivity contribution < 1.29 is 23.9 Å². The minimum Gasteiger partial charge on any atom is -0.463 e. The van der Waals surface area contributed by atoms with Crippen LogP contribution in [0.5, 0.6) is 11.5 Å². The molecule has 0 saturated heterocycles. The quantitative estimate of drug-likeness (QED) is 0.357. The van der Waals surface area contributed by atoms with E-state index in [2.05, 4.69) is 0 Å². The number of hydrogen-bond acceptors (Lipinski definition) is 6. The van der Waals surface area contributed by atoms with Gasteiger partial charge in [-0.3, -0.25) is 10.1 Å². The molecule has 1 aliphatic rings. The van der Waals surface area contributed by atoms with Crippen molar-refractivity contribution in [1.29, 1.82) is 0 Å². The summed E-state index contributed by atoms with van der Waals surface area (Å²) in [5.41, 5.74) is 0.266. The van der Waals surface area contributed by atoms with Gasteiger partial charge in [0.1, 0.15) is 0 Å². The van der Waals surface area contributed by atoms with E-state index >= 15 is 0 Å². The van der Waals surface area contributed by atoms with E-state index in [0.29, 0.717) is 5.56 Å². The molecule has 19 heavy (non-hydrogen) atoms. The number of ether oxygens (including phenoxy) is 3. The predicted molar refractivity (Wildman–Crippen MR) is 64.9 cm³/mol. The van der Waals surface area contributed by atoms with Gasteiger partial charge in [0.25, 0.3) is 0 Å². The SMILES string of the molecule is CCOC(=O)/C=C/c1cc2c(c([N+](=O)[O-])c1)OCO2. The van der Waals surface area contributed by atoms with Crippen LogP contribution in [0.15, 0.2) is 18.2 Å². The summed E-state index contributed by atoms with van der Waals surface area (Å²) in [5.74, 6) is -0.112. The van der Waals surface area contributed by atoms with E-state index in [1.54, 1.807) is 13.0 Å². The molecule has 1 aromatic carbocycles. The number of rotatable bonds is 4. The molecule has 0 radical (unpaired) electrons. The Morgan fingerprint density at radius 1 is 1.53 bits per heavy atom. The molecule has 1 aromatic rings. The van der Waals surface area contributed by atoms with Crippen LogP contribution in [0.25, 0.3) is 6.08 Å². The molecule has 0 spiro atoms. The highest BCUT2D eigenvalue weighted by molar-refractivity contribution is 5.87. The molecule has 0 aromatic heterocycles. The summed E-state index contributed by atoms with van der Waals surface area (Å²) < 4.78 is 14.9. The van der Waals surface area contributed by atoms with Crippen LogP contribution in [0.4, 0.5) is 5.69 Å². The molecule has 100 valence electrons. The van der Waals surface area contributed by atoms with Crippen molar-refractivity contribution in [3.63, 3.8) is 0 Å². The number of nitrogens with zero attached hydrogens (tertiary/aromatic N) is 1. The van der Waals surface area contributed by atoms with Crippen LogP contribution >= 0.6 is 0 Å². The number of nitro benzene ring substituents is 1. The largest absolute Gasteiger partial charge is 0.463 e. The van der Waals surface area contributed by atoms with Gasteiger partial charge in [0.05, 0.1) is 11.5 Å². The lowest BCUT2D eigenvalue weighted by molar-refractivity contribution is -0.385. The maximum Gasteiger partial charge on any atom is 0.330 e. The maximum atomic E-state index is 11.2. The molecule has 0 N–H and O–H groups in total. The zero-order valence-corrected chi connectivity index (χ0v) is 10.1. The molecule has 1 heterocycles. The van der Waals surface area contributed by atoms with E-state index in [0.717, 1.165) is 0 Å². The molecular weight excluding hydrogens is 254 g/mol. The summed E-state index contributed by atoms with van der Waals surface area (Å²) in [7, 11) is 0. The molecule has 0 aliphatic carbocycles. The Labute approximate surface area is 108 Å².